The Balaban J connectivity index is 2.74. The van der Waals surface area contributed by atoms with Gasteiger partial charge in [-0.15, -0.1) is 6.58 Å². The van der Waals surface area contributed by atoms with Gasteiger partial charge in [0, 0.05) is 14.7 Å². The predicted octanol–water partition coefficient (Wildman–Crippen LogP) is 4.05. The molecule has 1 atom stereocenters. The molecule has 0 bridgehead atoms. The Morgan fingerprint density at radius 1 is 1.25 bits per heavy atom. The lowest BCUT2D eigenvalue weighted by Crippen LogP contribution is -2.34. The first-order valence-electron chi connectivity index (χ1n) is 7.14. The van der Waals surface area contributed by atoms with Crippen LogP contribution in [0.5, 0.6) is 0 Å². The van der Waals surface area contributed by atoms with Gasteiger partial charge in [-0.3, -0.25) is 0 Å². The summed E-state index contributed by atoms with van der Waals surface area (Å²) in [5, 5.41) is 0. The molecule has 1 aromatic carbocycles. The van der Waals surface area contributed by atoms with E-state index in [2.05, 4.69) is 26.2 Å². The molecule has 0 aliphatic rings. The molecular weight excluding hydrogens is 264 g/mol. The van der Waals surface area contributed by atoms with Crippen molar-refractivity contribution in [2.24, 2.45) is 0 Å². The third-order valence-electron chi connectivity index (χ3n) is 3.44. The maximum absolute atomic E-state index is 11.7. The average molecular weight is 290 g/mol. The predicted molar refractivity (Wildman–Crippen MR) is 88.0 cm³/mol. The summed E-state index contributed by atoms with van der Waals surface area (Å²) in [7, 11) is -1.10. The molecule has 0 fully saturated rings. The monoisotopic (exact) mass is 290 g/mol. The second-order valence-electron chi connectivity index (χ2n) is 6.50. The third-order valence-corrected chi connectivity index (χ3v) is 5.14. The highest BCUT2D eigenvalue weighted by molar-refractivity contribution is 6.76. The van der Waals surface area contributed by atoms with Crippen LogP contribution in [0, 0.1) is 0 Å². The summed E-state index contributed by atoms with van der Waals surface area (Å²) in [5.74, 6) is 0. The lowest BCUT2D eigenvalue weighted by atomic mass is 9.79. The van der Waals surface area contributed by atoms with Gasteiger partial charge in [0.1, 0.15) is 6.29 Å². The fraction of sp³-hybridized carbons (Fsp3) is 0.471. The minimum Gasteiger partial charge on any atom is -0.380 e. The van der Waals surface area contributed by atoms with Gasteiger partial charge in [0.05, 0.1) is 12.0 Å². The zero-order valence-electron chi connectivity index (χ0n) is 12.9. The van der Waals surface area contributed by atoms with Gasteiger partial charge >= 0.3 is 0 Å². The molecule has 2 nitrogen and oxygen atoms in total. The van der Waals surface area contributed by atoms with Gasteiger partial charge < -0.3 is 9.53 Å². The Labute approximate surface area is 123 Å². The fourth-order valence-corrected chi connectivity index (χ4v) is 2.83. The molecule has 0 radical (unpaired) electrons. The number of rotatable bonds is 9. The zero-order valence-corrected chi connectivity index (χ0v) is 13.9. The van der Waals surface area contributed by atoms with E-state index in [1.54, 1.807) is 6.08 Å². The van der Waals surface area contributed by atoms with Crippen LogP contribution in [0.2, 0.25) is 25.7 Å². The van der Waals surface area contributed by atoms with Gasteiger partial charge in [-0.1, -0.05) is 56.0 Å². The van der Waals surface area contributed by atoms with E-state index in [1.165, 1.54) is 0 Å². The third kappa shape index (κ3) is 5.06. The number of hydrogen-bond acceptors (Lipinski definition) is 2. The summed E-state index contributed by atoms with van der Waals surface area (Å²) in [4.78, 5) is 11.7. The molecule has 110 valence electrons. The van der Waals surface area contributed by atoms with E-state index in [9.17, 15) is 4.79 Å². The normalized spacial score (nSPS) is 14.6. The summed E-state index contributed by atoms with van der Waals surface area (Å²) < 4.78 is 5.83. The standard InChI is InChI=1S/C17H26O2Si/c1-5-11-17(14-18,16-9-7-6-8-10-16)15-19-12-13-20(2,3)4/h5-10,14H,1,11-13,15H2,2-4H3. The SMILES string of the molecule is C=CCC(C=O)(COCC[Si](C)(C)C)c1ccccc1. The van der Waals surface area contributed by atoms with Crippen molar-refractivity contribution >= 4 is 14.4 Å². The highest BCUT2D eigenvalue weighted by atomic mass is 28.3. The van der Waals surface area contributed by atoms with Crippen molar-refractivity contribution in [1.82, 2.24) is 0 Å². The van der Waals surface area contributed by atoms with Crippen molar-refractivity contribution in [3.8, 4) is 0 Å². The minimum absolute atomic E-state index is 0.428. The molecule has 0 heterocycles. The van der Waals surface area contributed by atoms with E-state index in [-0.39, 0.29) is 0 Å². The van der Waals surface area contributed by atoms with Crippen LogP contribution in [0.15, 0.2) is 43.0 Å². The maximum Gasteiger partial charge on any atom is 0.133 e. The molecule has 1 rings (SSSR count). The molecule has 1 unspecified atom stereocenters. The summed E-state index contributed by atoms with van der Waals surface area (Å²) in [6, 6.07) is 11.0. The van der Waals surface area contributed by atoms with E-state index < -0.39 is 13.5 Å². The summed E-state index contributed by atoms with van der Waals surface area (Å²) >= 11 is 0. The Morgan fingerprint density at radius 3 is 2.40 bits per heavy atom. The molecule has 0 aromatic heterocycles. The zero-order chi connectivity index (χ0) is 15.1. The average Bonchev–Trinajstić information content (AvgIpc) is 2.42. The number of aldehydes is 1. The van der Waals surface area contributed by atoms with E-state index >= 15 is 0 Å². The van der Waals surface area contributed by atoms with Crippen LogP contribution in [0.1, 0.15) is 12.0 Å². The number of carbonyl (C=O) groups is 1. The molecule has 0 aliphatic carbocycles. The first-order valence-corrected chi connectivity index (χ1v) is 10.8. The van der Waals surface area contributed by atoms with Crippen molar-refractivity contribution in [3.63, 3.8) is 0 Å². The molecule has 0 N–H and O–H groups in total. The first kappa shape index (κ1) is 16.9. The van der Waals surface area contributed by atoms with Gasteiger partial charge in [-0.05, 0) is 18.0 Å². The fourth-order valence-electron chi connectivity index (χ4n) is 2.07. The lowest BCUT2D eigenvalue weighted by Gasteiger charge is -2.28. The van der Waals surface area contributed by atoms with Crippen LogP contribution >= 0.6 is 0 Å². The van der Waals surface area contributed by atoms with Crippen LogP contribution in [-0.2, 0) is 14.9 Å². The number of ether oxygens (including phenoxy) is 1. The molecule has 0 saturated heterocycles. The number of hydrogen-bond donors (Lipinski definition) is 0. The van der Waals surface area contributed by atoms with Crippen molar-refractivity contribution in [1.29, 1.82) is 0 Å². The maximum atomic E-state index is 11.7. The van der Waals surface area contributed by atoms with E-state index in [0.717, 1.165) is 24.5 Å². The van der Waals surface area contributed by atoms with Gasteiger partial charge in [-0.2, -0.15) is 0 Å². The second kappa shape index (κ2) is 7.55. The quantitative estimate of drug-likeness (QED) is 0.297. The van der Waals surface area contributed by atoms with E-state index in [1.807, 2.05) is 30.3 Å². The first-order chi connectivity index (χ1) is 9.43. The number of carbonyl (C=O) groups excluding carboxylic acids is 1. The van der Waals surface area contributed by atoms with Crippen LogP contribution in [0.4, 0.5) is 0 Å². The van der Waals surface area contributed by atoms with Crippen molar-refractivity contribution in [3.05, 3.63) is 48.6 Å². The van der Waals surface area contributed by atoms with Gasteiger partial charge in [-0.25, -0.2) is 0 Å². The highest BCUT2D eigenvalue weighted by Gasteiger charge is 2.31. The Hall–Kier alpha value is -1.19. The largest absolute Gasteiger partial charge is 0.380 e. The minimum atomic E-state index is -1.10. The smallest absolute Gasteiger partial charge is 0.133 e. The highest BCUT2D eigenvalue weighted by Crippen LogP contribution is 2.27. The van der Waals surface area contributed by atoms with Crippen molar-refractivity contribution < 1.29 is 9.53 Å². The molecular formula is C17H26O2Si. The number of benzene rings is 1. The molecule has 0 saturated carbocycles. The van der Waals surface area contributed by atoms with Gasteiger partial charge in [0.2, 0.25) is 0 Å². The molecule has 20 heavy (non-hydrogen) atoms. The van der Waals surface area contributed by atoms with Crippen LogP contribution in [-0.4, -0.2) is 27.6 Å². The van der Waals surface area contributed by atoms with Crippen molar-refractivity contribution in [2.75, 3.05) is 13.2 Å². The lowest BCUT2D eigenvalue weighted by molar-refractivity contribution is -0.114. The summed E-state index contributed by atoms with van der Waals surface area (Å²) in [5.41, 5.74) is 0.408. The Kier molecular flexibility index (Phi) is 6.37. The topological polar surface area (TPSA) is 26.3 Å². The van der Waals surface area contributed by atoms with E-state index in [0.29, 0.717) is 13.0 Å². The van der Waals surface area contributed by atoms with Crippen LogP contribution in [0.25, 0.3) is 0 Å². The molecule has 0 aliphatic heterocycles. The van der Waals surface area contributed by atoms with Gasteiger partial charge in [0.15, 0.2) is 0 Å². The molecule has 1 aromatic rings. The van der Waals surface area contributed by atoms with Gasteiger partial charge in [0.25, 0.3) is 0 Å². The van der Waals surface area contributed by atoms with Crippen LogP contribution in [0.3, 0.4) is 0 Å². The van der Waals surface area contributed by atoms with E-state index in [4.69, 9.17) is 4.74 Å². The molecule has 0 amide bonds. The summed E-state index contributed by atoms with van der Waals surface area (Å²) in [6.07, 6.45) is 3.41. The van der Waals surface area contributed by atoms with Crippen molar-refractivity contribution in [2.45, 2.75) is 37.5 Å². The number of allylic oxidation sites excluding steroid dienone is 1. The Morgan fingerprint density at radius 2 is 1.90 bits per heavy atom. The summed E-state index contributed by atoms with van der Waals surface area (Å²) in [6.45, 7) is 11.9. The second-order valence-corrected chi connectivity index (χ2v) is 12.1. The Bertz CT molecular complexity index is 422. The molecule has 3 heteroatoms. The van der Waals surface area contributed by atoms with Crippen LogP contribution < -0.4 is 0 Å². The molecule has 0 spiro atoms.